The number of carbonyl (C=O) groups is 1. The van der Waals surface area contributed by atoms with E-state index in [0.717, 1.165) is 23.3 Å². The van der Waals surface area contributed by atoms with E-state index in [2.05, 4.69) is 10.3 Å². The number of hydrogen-bond donors (Lipinski definition) is 1. The Kier molecular flexibility index (Phi) is 5.02. The summed E-state index contributed by atoms with van der Waals surface area (Å²) in [6, 6.07) is 16.0. The second-order valence-electron chi connectivity index (χ2n) is 5.71. The number of benzene rings is 2. The fourth-order valence-corrected chi connectivity index (χ4v) is 2.49. The highest BCUT2D eigenvalue weighted by molar-refractivity contribution is 5.95. The van der Waals surface area contributed by atoms with Crippen LogP contribution in [0.2, 0.25) is 0 Å². The van der Waals surface area contributed by atoms with Crippen molar-refractivity contribution in [3.63, 3.8) is 0 Å². The second kappa shape index (κ2) is 7.39. The van der Waals surface area contributed by atoms with Gasteiger partial charge in [0.2, 0.25) is 0 Å². The van der Waals surface area contributed by atoms with E-state index in [1.807, 2.05) is 30.3 Å². The number of amides is 1. The zero-order valence-electron chi connectivity index (χ0n) is 13.6. The normalized spacial score (nSPS) is 11.2. The van der Waals surface area contributed by atoms with Crippen molar-refractivity contribution in [3.8, 4) is 11.1 Å². The van der Waals surface area contributed by atoms with Crippen molar-refractivity contribution in [1.29, 1.82) is 0 Å². The highest BCUT2D eigenvalue weighted by Crippen LogP contribution is 2.29. The van der Waals surface area contributed by atoms with Gasteiger partial charge >= 0.3 is 6.18 Å². The molecular weight excluding hydrogens is 341 g/mol. The zero-order chi connectivity index (χ0) is 18.6. The summed E-state index contributed by atoms with van der Waals surface area (Å²) in [6.45, 7) is -0.00167. The fourth-order valence-electron chi connectivity index (χ4n) is 2.49. The molecule has 0 unspecified atom stereocenters. The van der Waals surface area contributed by atoms with E-state index in [1.165, 1.54) is 18.3 Å². The summed E-state index contributed by atoms with van der Waals surface area (Å²) in [6.07, 6.45) is -1.33. The second-order valence-corrected chi connectivity index (χ2v) is 5.71. The van der Waals surface area contributed by atoms with Gasteiger partial charge in [0.1, 0.15) is 0 Å². The maximum absolute atomic E-state index is 12.7. The number of pyridine rings is 1. The molecule has 2 aromatic carbocycles. The summed E-state index contributed by atoms with van der Waals surface area (Å²) >= 11 is 0. The number of rotatable bonds is 4. The first-order valence-corrected chi connectivity index (χ1v) is 7.88. The van der Waals surface area contributed by atoms with Gasteiger partial charge in [-0.15, -0.1) is 0 Å². The molecule has 3 rings (SSSR count). The molecule has 0 saturated heterocycles. The van der Waals surface area contributed by atoms with E-state index in [9.17, 15) is 18.0 Å². The molecule has 1 aromatic heterocycles. The molecule has 0 fully saturated rings. The monoisotopic (exact) mass is 356 g/mol. The summed E-state index contributed by atoms with van der Waals surface area (Å²) in [4.78, 5) is 16.4. The number of alkyl halides is 3. The van der Waals surface area contributed by atoms with Gasteiger partial charge in [-0.3, -0.25) is 9.78 Å². The Hall–Kier alpha value is -3.15. The number of halogens is 3. The van der Waals surface area contributed by atoms with Crippen LogP contribution in [0.15, 0.2) is 73.1 Å². The van der Waals surface area contributed by atoms with Crippen LogP contribution in [0, 0.1) is 0 Å². The molecule has 0 aliphatic heterocycles. The molecule has 1 amide bonds. The highest BCUT2D eigenvalue weighted by atomic mass is 19.4. The average Bonchev–Trinajstić information content (AvgIpc) is 2.66. The molecule has 132 valence electrons. The molecule has 6 heteroatoms. The van der Waals surface area contributed by atoms with Crippen LogP contribution in [-0.4, -0.2) is 10.9 Å². The average molecular weight is 356 g/mol. The zero-order valence-corrected chi connectivity index (χ0v) is 13.6. The Bertz CT molecular complexity index is 908. The lowest BCUT2D eigenvalue weighted by Gasteiger charge is -2.10. The summed E-state index contributed by atoms with van der Waals surface area (Å²) < 4.78 is 38.2. The summed E-state index contributed by atoms with van der Waals surface area (Å²) in [7, 11) is 0. The Balaban J connectivity index is 1.71. The van der Waals surface area contributed by atoms with Crippen molar-refractivity contribution in [3.05, 3.63) is 89.7 Å². The van der Waals surface area contributed by atoms with Gasteiger partial charge in [-0.25, -0.2) is 0 Å². The molecule has 0 radical (unpaired) electrons. The van der Waals surface area contributed by atoms with Gasteiger partial charge in [0.25, 0.3) is 5.91 Å². The molecule has 0 bridgehead atoms. The molecule has 1 heterocycles. The van der Waals surface area contributed by atoms with Crippen LogP contribution in [0.5, 0.6) is 0 Å². The molecule has 0 aliphatic rings. The number of nitrogens with zero attached hydrogens (tertiary/aromatic N) is 1. The van der Waals surface area contributed by atoms with Crippen LogP contribution in [-0.2, 0) is 12.7 Å². The molecule has 0 aliphatic carbocycles. The Labute approximate surface area is 148 Å². The third-order valence-electron chi connectivity index (χ3n) is 3.81. The first-order valence-electron chi connectivity index (χ1n) is 7.88. The van der Waals surface area contributed by atoms with Crippen molar-refractivity contribution in [2.75, 3.05) is 0 Å². The molecule has 0 saturated carbocycles. The fraction of sp³-hybridized carbons (Fsp3) is 0.100. The standard InChI is InChI=1S/C20H15F3N2O/c21-20(22,23)18-8-4-5-14(9-18)11-25-19(26)17-10-16(12-24-13-17)15-6-2-1-3-7-15/h1-10,12-13H,11H2,(H,25,26). The van der Waals surface area contributed by atoms with Gasteiger partial charge in [0.05, 0.1) is 11.1 Å². The van der Waals surface area contributed by atoms with Crippen LogP contribution in [0.4, 0.5) is 13.2 Å². The van der Waals surface area contributed by atoms with Crippen LogP contribution in [0.25, 0.3) is 11.1 Å². The van der Waals surface area contributed by atoms with Gasteiger partial charge < -0.3 is 5.32 Å². The van der Waals surface area contributed by atoms with Crippen LogP contribution in [0.3, 0.4) is 0 Å². The minimum absolute atomic E-state index is 0.00167. The minimum atomic E-state index is -4.41. The lowest BCUT2D eigenvalue weighted by Crippen LogP contribution is -2.23. The van der Waals surface area contributed by atoms with Crippen molar-refractivity contribution >= 4 is 5.91 Å². The smallest absolute Gasteiger partial charge is 0.348 e. The quantitative estimate of drug-likeness (QED) is 0.736. The van der Waals surface area contributed by atoms with E-state index in [4.69, 9.17) is 0 Å². The molecule has 0 spiro atoms. The predicted molar refractivity (Wildman–Crippen MR) is 92.3 cm³/mol. The van der Waals surface area contributed by atoms with Crippen molar-refractivity contribution in [2.45, 2.75) is 12.7 Å². The Morgan fingerprint density at radius 3 is 2.42 bits per heavy atom. The summed E-state index contributed by atoms with van der Waals surface area (Å²) in [5.41, 5.74) is 1.69. The van der Waals surface area contributed by atoms with Crippen molar-refractivity contribution in [1.82, 2.24) is 10.3 Å². The van der Waals surface area contributed by atoms with Crippen molar-refractivity contribution < 1.29 is 18.0 Å². The Morgan fingerprint density at radius 1 is 0.923 bits per heavy atom. The van der Waals surface area contributed by atoms with E-state index in [1.54, 1.807) is 12.3 Å². The van der Waals surface area contributed by atoms with Crippen LogP contribution in [0.1, 0.15) is 21.5 Å². The van der Waals surface area contributed by atoms with Gasteiger partial charge in [-0.1, -0.05) is 42.5 Å². The third kappa shape index (κ3) is 4.27. The Morgan fingerprint density at radius 2 is 1.69 bits per heavy atom. The van der Waals surface area contributed by atoms with E-state index in [-0.39, 0.29) is 6.54 Å². The van der Waals surface area contributed by atoms with E-state index < -0.39 is 17.6 Å². The first-order chi connectivity index (χ1) is 12.4. The number of aromatic nitrogens is 1. The van der Waals surface area contributed by atoms with Gasteiger partial charge in [0, 0.05) is 24.5 Å². The third-order valence-corrected chi connectivity index (χ3v) is 3.81. The maximum atomic E-state index is 12.7. The topological polar surface area (TPSA) is 42.0 Å². The van der Waals surface area contributed by atoms with Crippen LogP contribution >= 0.6 is 0 Å². The molecule has 0 atom stereocenters. The van der Waals surface area contributed by atoms with Crippen molar-refractivity contribution in [2.24, 2.45) is 0 Å². The van der Waals surface area contributed by atoms with Gasteiger partial charge in [-0.05, 0) is 29.3 Å². The molecule has 3 aromatic rings. The van der Waals surface area contributed by atoms with Crippen LogP contribution < -0.4 is 5.32 Å². The van der Waals surface area contributed by atoms with E-state index >= 15 is 0 Å². The minimum Gasteiger partial charge on any atom is -0.348 e. The number of nitrogens with one attached hydrogen (secondary N) is 1. The summed E-state index contributed by atoms with van der Waals surface area (Å²) in [5.74, 6) is -0.396. The van der Waals surface area contributed by atoms with Gasteiger partial charge in [-0.2, -0.15) is 13.2 Å². The number of carbonyl (C=O) groups excluding carboxylic acids is 1. The lowest BCUT2D eigenvalue weighted by molar-refractivity contribution is -0.137. The highest BCUT2D eigenvalue weighted by Gasteiger charge is 2.30. The molecule has 1 N–H and O–H groups in total. The summed E-state index contributed by atoms with van der Waals surface area (Å²) in [5, 5.41) is 2.63. The molecule has 26 heavy (non-hydrogen) atoms. The SMILES string of the molecule is O=C(NCc1cccc(C(F)(F)F)c1)c1cncc(-c2ccccc2)c1. The number of hydrogen-bond acceptors (Lipinski definition) is 2. The molecular formula is C20H15F3N2O. The molecule has 3 nitrogen and oxygen atoms in total. The van der Waals surface area contributed by atoms with Gasteiger partial charge in [0.15, 0.2) is 0 Å². The lowest BCUT2D eigenvalue weighted by atomic mass is 10.1. The maximum Gasteiger partial charge on any atom is 0.416 e. The largest absolute Gasteiger partial charge is 0.416 e. The predicted octanol–water partition coefficient (Wildman–Crippen LogP) is 4.70. The first kappa shape index (κ1) is 17.7. The van der Waals surface area contributed by atoms with E-state index in [0.29, 0.717) is 11.1 Å².